The highest BCUT2D eigenvalue weighted by Crippen LogP contribution is 2.30. The first-order valence-electron chi connectivity index (χ1n) is 21.3. The molecule has 2 aliphatic heterocycles. The first-order valence-corrected chi connectivity index (χ1v) is 21.3. The predicted molar refractivity (Wildman–Crippen MR) is 203 cm³/mol. The Hall–Kier alpha value is -1.01. The first kappa shape index (κ1) is 49.1. The molecule has 2 aliphatic rings. The third-order valence-electron chi connectivity index (χ3n) is 10.8. The summed E-state index contributed by atoms with van der Waals surface area (Å²) in [5.74, 6) is -0.217. The van der Waals surface area contributed by atoms with Gasteiger partial charge in [-0.2, -0.15) is 0 Å². The lowest BCUT2D eigenvalue weighted by atomic mass is 9.97. The molecule has 0 aromatic carbocycles. The van der Waals surface area contributed by atoms with Crippen molar-refractivity contribution in [3.63, 3.8) is 0 Å². The van der Waals surface area contributed by atoms with E-state index in [-0.39, 0.29) is 12.5 Å². The third-order valence-corrected chi connectivity index (χ3v) is 10.8. The zero-order chi connectivity index (χ0) is 39.7. The van der Waals surface area contributed by atoms with Gasteiger partial charge in [-0.3, -0.25) is 4.79 Å². The van der Waals surface area contributed by atoms with Gasteiger partial charge in [-0.1, -0.05) is 136 Å². The second-order valence-electron chi connectivity index (χ2n) is 15.5. The van der Waals surface area contributed by atoms with Crippen molar-refractivity contribution in [3.05, 3.63) is 0 Å². The Balaban J connectivity index is 1.88. The van der Waals surface area contributed by atoms with Crippen LogP contribution in [0, 0.1) is 0 Å². The molecular formula is C40H77NO13. The fourth-order valence-electron chi connectivity index (χ4n) is 7.23. The summed E-state index contributed by atoms with van der Waals surface area (Å²) < 4.78 is 22.6. The van der Waals surface area contributed by atoms with Crippen LogP contribution < -0.4 is 5.32 Å². The van der Waals surface area contributed by atoms with Gasteiger partial charge in [0.15, 0.2) is 12.6 Å². The van der Waals surface area contributed by atoms with Crippen molar-refractivity contribution in [2.45, 2.75) is 229 Å². The quantitative estimate of drug-likeness (QED) is 0.0462. The molecule has 0 aliphatic carbocycles. The van der Waals surface area contributed by atoms with Crippen LogP contribution >= 0.6 is 0 Å². The summed E-state index contributed by atoms with van der Waals surface area (Å²) in [5, 5.41) is 86.2. The van der Waals surface area contributed by atoms with Crippen molar-refractivity contribution in [3.8, 4) is 0 Å². The number of carbonyl (C=O) groups is 1. The van der Waals surface area contributed by atoms with Crippen LogP contribution in [0.15, 0.2) is 0 Å². The highest BCUT2D eigenvalue weighted by Gasteiger charge is 2.50. The van der Waals surface area contributed by atoms with E-state index in [1.165, 1.54) is 70.6 Å². The molecule has 0 spiro atoms. The van der Waals surface area contributed by atoms with E-state index in [1.54, 1.807) is 0 Å². The van der Waals surface area contributed by atoms with Crippen molar-refractivity contribution in [1.29, 1.82) is 0 Å². The zero-order valence-electron chi connectivity index (χ0n) is 33.2. The second kappa shape index (κ2) is 29.2. The molecule has 12 unspecified atom stereocenters. The fraction of sp³-hybridized carbons (Fsp3) is 0.975. The van der Waals surface area contributed by atoms with Gasteiger partial charge in [0.1, 0.15) is 48.8 Å². The van der Waals surface area contributed by atoms with E-state index in [2.05, 4.69) is 19.2 Å². The number of aliphatic hydroxyl groups is 8. The van der Waals surface area contributed by atoms with Crippen LogP contribution in [0.5, 0.6) is 0 Å². The Morgan fingerprint density at radius 1 is 0.593 bits per heavy atom. The number of hydrogen-bond acceptors (Lipinski definition) is 13. The molecule has 320 valence electrons. The lowest BCUT2D eigenvalue weighted by Gasteiger charge is -2.46. The molecule has 0 radical (unpaired) electrons. The number of hydrogen-bond donors (Lipinski definition) is 9. The lowest BCUT2D eigenvalue weighted by Crippen LogP contribution is -2.65. The minimum absolute atomic E-state index is 0.217. The van der Waals surface area contributed by atoms with E-state index in [0.29, 0.717) is 12.8 Å². The summed E-state index contributed by atoms with van der Waals surface area (Å²) in [6.45, 7) is 2.75. The molecule has 0 aromatic heterocycles. The summed E-state index contributed by atoms with van der Waals surface area (Å²) in [6.07, 6.45) is 7.26. The number of rotatable bonds is 31. The predicted octanol–water partition coefficient (Wildman–Crippen LogP) is 3.09. The van der Waals surface area contributed by atoms with Crippen LogP contribution in [0.2, 0.25) is 0 Å². The Morgan fingerprint density at radius 2 is 1.06 bits per heavy atom. The van der Waals surface area contributed by atoms with Crippen LogP contribution in [0.4, 0.5) is 0 Å². The van der Waals surface area contributed by atoms with Gasteiger partial charge in [0.25, 0.3) is 0 Å². The number of ether oxygens (including phenoxy) is 4. The molecule has 1 amide bonds. The van der Waals surface area contributed by atoms with Gasteiger partial charge in [0.2, 0.25) is 5.91 Å². The summed E-state index contributed by atoms with van der Waals surface area (Å²) in [5.41, 5.74) is 0. The Morgan fingerprint density at radius 3 is 1.57 bits per heavy atom. The smallest absolute Gasteiger partial charge is 0.220 e. The highest BCUT2D eigenvalue weighted by molar-refractivity contribution is 5.76. The van der Waals surface area contributed by atoms with Gasteiger partial charge >= 0.3 is 0 Å². The van der Waals surface area contributed by atoms with Crippen LogP contribution in [-0.4, -0.2) is 140 Å². The maximum absolute atomic E-state index is 12.9. The van der Waals surface area contributed by atoms with Gasteiger partial charge < -0.3 is 65.1 Å². The summed E-state index contributed by atoms with van der Waals surface area (Å²) in [7, 11) is 0. The monoisotopic (exact) mass is 780 g/mol. The van der Waals surface area contributed by atoms with E-state index in [0.717, 1.165) is 57.8 Å². The SMILES string of the molecule is CCCCCCCCCCCCCCCCC(O)C(COC1OC(CO)C(OC2OC(CO)C(O)C(O)C2O)C(O)C1O)NC(=O)CCCCCCCC. The van der Waals surface area contributed by atoms with Crippen LogP contribution in [-0.2, 0) is 23.7 Å². The van der Waals surface area contributed by atoms with E-state index in [1.807, 2.05) is 0 Å². The second-order valence-corrected chi connectivity index (χ2v) is 15.5. The van der Waals surface area contributed by atoms with Gasteiger partial charge in [0.05, 0.1) is 32.0 Å². The van der Waals surface area contributed by atoms with E-state index >= 15 is 0 Å². The average Bonchev–Trinajstić information content (AvgIpc) is 3.17. The largest absolute Gasteiger partial charge is 0.394 e. The van der Waals surface area contributed by atoms with E-state index in [4.69, 9.17) is 18.9 Å². The molecule has 0 aromatic rings. The van der Waals surface area contributed by atoms with Crippen molar-refractivity contribution in [1.82, 2.24) is 5.32 Å². The average molecular weight is 780 g/mol. The molecule has 54 heavy (non-hydrogen) atoms. The molecular weight excluding hydrogens is 702 g/mol. The molecule has 9 N–H and O–H groups in total. The van der Waals surface area contributed by atoms with Crippen molar-refractivity contribution in [2.24, 2.45) is 0 Å². The number of unbranched alkanes of at least 4 members (excludes halogenated alkanes) is 18. The van der Waals surface area contributed by atoms with E-state index < -0.39 is 86.8 Å². The summed E-state index contributed by atoms with van der Waals surface area (Å²) in [4.78, 5) is 12.9. The Kier molecular flexibility index (Phi) is 26.6. The molecule has 2 heterocycles. The normalized spacial score (nSPS) is 30.0. The highest BCUT2D eigenvalue weighted by atomic mass is 16.7. The standard InChI is InChI=1S/C40H77NO13/c1-3-5-7-9-11-12-13-14-15-16-17-18-19-21-23-29(44)28(41-32(45)24-22-20-10-8-6-4-2)27-51-39-37(50)35(48)38(31(26-43)53-39)54-40-36(49)34(47)33(46)30(25-42)52-40/h28-31,33-40,42-44,46-50H,3-27H2,1-2H3,(H,41,45). The number of amides is 1. The van der Waals surface area contributed by atoms with Crippen molar-refractivity contribution in [2.75, 3.05) is 19.8 Å². The van der Waals surface area contributed by atoms with Gasteiger partial charge in [0, 0.05) is 6.42 Å². The molecule has 14 nitrogen and oxygen atoms in total. The maximum atomic E-state index is 12.9. The van der Waals surface area contributed by atoms with Crippen LogP contribution in [0.25, 0.3) is 0 Å². The third kappa shape index (κ3) is 18.1. The van der Waals surface area contributed by atoms with Crippen molar-refractivity contribution >= 4 is 5.91 Å². The maximum Gasteiger partial charge on any atom is 0.220 e. The first-order chi connectivity index (χ1) is 26.1. The number of nitrogens with one attached hydrogen (secondary N) is 1. The van der Waals surface area contributed by atoms with Crippen LogP contribution in [0.1, 0.15) is 155 Å². The van der Waals surface area contributed by atoms with E-state index in [9.17, 15) is 45.6 Å². The van der Waals surface area contributed by atoms with Crippen molar-refractivity contribution < 1.29 is 64.6 Å². The summed E-state index contributed by atoms with van der Waals surface area (Å²) >= 11 is 0. The number of aliphatic hydroxyl groups excluding tert-OH is 8. The Labute approximate surface area is 323 Å². The molecule has 2 saturated heterocycles. The molecule has 12 atom stereocenters. The molecule has 0 bridgehead atoms. The topological polar surface area (TPSA) is 228 Å². The Bertz CT molecular complexity index is 930. The van der Waals surface area contributed by atoms with Gasteiger partial charge in [-0.15, -0.1) is 0 Å². The minimum Gasteiger partial charge on any atom is -0.394 e. The summed E-state index contributed by atoms with van der Waals surface area (Å²) in [6, 6.07) is -0.817. The lowest BCUT2D eigenvalue weighted by molar-refractivity contribution is -0.359. The van der Waals surface area contributed by atoms with Gasteiger partial charge in [-0.05, 0) is 12.8 Å². The molecule has 2 rings (SSSR count). The zero-order valence-corrected chi connectivity index (χ0v) is 33.2. The number of carbonyl (C=O) groups excluding carboxylic acids is 1. The molecule has 14 heteroatoms. The van der Waals surface area contributed by atoms with Gasteiger partial charge in [-0.25, -0.2) is 0 Å². The molecule has 0 saturated carbocycles. The van der Waals surface area contributed by atoms with Crippen LogP contribution in [0.3, 0.4) is 0 Å². The minimum atomic E-state index is -1.78. The molecule has 2 fully saturated rings. The fourth-order valence-corrected chi connectivity index (χ4v) is 7.23.